The molecule has 0 saturated carbocycles. The average Bonchev–Trinajstić information content (AvgIpc) is 2.38. The van der Waals surface area contributed by atoms with E-state index in [0.29, 0.717) is 6.42 Å². The second-order valence-electron chi connectivity index (χ2n) is 3.61. The largest absolute Gasteiger partial charge is 0.495 e. The summed E-state index contributed by atoms with van der Waals surface area (Å²) in [7, 11) is -1.01. The Balaban J connectivity index is 3.16. The van der Waals surface area contributed by atoms with E-state index < -0.39 is 10.0 Å². The maximum atomic E-state index is 12.1. The zero-order valence-corrected chi connectivity index (χ0v) is 12.2. The van der Waals surface area contributed by atoms with Crippen molar-refractivity contribution in [2.24, 2.45) is 0 Å². The van der Waals surface area contributed by atoms with Gasteiger partial charge in [-0.1, -0.05) is 11.6 Å². The van der Waals surface area contributed by atoms with Gasteiger partial charge in [-0.3, -0.25) is 0 Å². The molecule has 0 atom stereocenters. The van der Waals surface area contributed by atoms with Crippen molar-refractivity contribution in [1.82, 2.24) is 4.72 Å². The van der Waals surface area contributed by atoms with Gasteiger partial charge in [-0.2, -0.15) is 0 Å². The van der Waals surface area contributed by atoms with E-state index in [1.807, 2.05) is 0 Å². The number of nitrogens with one attached hydrogen (secondary N) is 1. The van der Waals surface area contributed by atoms with Crippen LogP contribution < -0.4 is 14.2 Å². The van der Waals surface area contributed by atoms with Crippen molar-refractivity contribution in [1.29, 1.82) is 0 Å². The van der Waals surface area contributed by atoms with Gasteiger partial charge in [0.15, 0.2) is 0 Å². The van der Waals surface area contributed by atoms with Crippen molar-refractivity contribution in [2.75, 3.05) is 27.4 Å². The summed E-state index contributed by atoms with van der Waals surface area (Å²) in [5.74, 6) is 0.368. The quantitative estimate of drug-likeness (QED) is 0.735. The second kappa shape index (κ2) is 6.95. The lowest BCUT2D eigenvalue weighted by Gasteiger charge is -2.13. The highest BCUT2D eigenvalue weighted by Crippen LogP contribution is 2.34. The minimum atomic E-state index is -3.75. The number of methoxy groups -OCH3 is 2. The van der Waals surface area contributed by atoms with E-state index in [1.54, 1.807) is 0 Å². The Morgan fingerprint density at radius 2 is 1.89 bits per heavy atom. The summed E-state index contributed by atoms with van der Waals surface area (Å²) >= 11 is 5.90. The lowest BCUT2D eigenvalue weighted by Crippen LogP contribution is -2.25. The second-order valence-corrected chi connectivity index (χ2v) is 5.76. The van der Waals surface area contributed by atoms with Crippen molar-refractivity contribution in [2.45, 2.75) is 11.3 Å². The highest BCUT2D eigenvalue weighted by Gasteiger charge is 2.21. The number of aliphatic hydroxyl groups is 1. The number of rotatable bonds is 7. The molecule has 0 heterocycles. The first-order valence-corrected chi connectivity index (χ1v) is 7.34. The Kier molecular flexibility index (Phi) is 5.86. The molecule has 1 aromatic rings. The number of sulfonamides is 1. The molecule has 1 rings (SSSR count). The van der Waals surface area contributed by atoms with E-state index in [9.17, 15) is 8.42 Å². The molecule has 0 fully saturated rings. The summed E-state index contributed by atoms with van der Waals surface area (Å²) in [4.78, 5) is -0.0609. The van der Waals surface area contributed by atoms with Gasteiger partial charge in [-0.15, -0.1) is 0 Å². The zero-order chi connectivity index (χ0) is 14.5. The monoisotopic (exact) mass is 309 g/mol. The van der Waals surface area contributed by atoms with E-state index >= 15 is 0 Å². The van der Waals surface area contributed by atoms with Gasteiger partial charge in [0.2, 0.25) is 10.0 Å². The molecule has 0 aliphatic carbocycles. The third kappa shape index (κ3) is 3.97. The Bertz CT molecular complexity index is 532. The summed E-state index contributed by atoms with van der Waals surface area (Å²) in [6.07, 6.45) is 0.326. The molecule has 0 spiro atoms. The Morgan fingerprint density at radius 3 is 2.42 bits per heavy atom. The van der Waals surface area contributed by atoms with Crippen molar-refractivity contribution < 1.29 is 23.0 Å². The minimum absolute atomic E-state index is 0.0609. The van der Waals surface area contributed by atoms with Crippen molar-refractivity contribution in [3.8, 4) is 11.5 Å². The molecule has 108 valence electrons. The van der Waals surface area contributed by atoms with Crippen LogP contribution in [0.15, 0.2) is 17.0 Å². The summed E-state index contributed by atoms with van der Waals surface area (Å²) < 4.78 is 36.5. The molecular formula is C11H16ClNO5S. The Labute approximate surface area is 117 Å². The summed E-state index contributed by atoms with van der Waals surface area (Å²) in [6, 6.07) is 2.67. The van der Waals surface area contributed by atoms with Crippen molar-refractivity contribution in [3.05, 3.63) is 17.2 Å². The van der Waals surface area contributed by atoms with Gasteiger partial charge >= 0.3 is 0 Å². The van der Waals surface area contributed by atoms with E-state index in [4.69, 9.17) is 26.2 Å². The minimum Gasteiger partial charge on any atom is -0.495 e. The fourth-order valence-corrected chi connectivity index (χ4v) is 2.87. The summed E-state index contributed by atoms with van der Waals surface area (Å²) in [5.41, 5.74) is 0. The van der Waals surface area contributed by atoms with Crippen LogP contribution >= 0.6 is 11.6 Å². The van der Waals surface area contributed by atoms with Crippen molar-refractivity contribution >= 4 is 21.6 Å². The van der Waals surface area contributed by atoms with Gasteiger partial charge in [0, 0.05) is 25.3 Å². The average molecular weight is 310 g/mol. The predicted octanol–water partition coefficient (Wildman–Crippen LogP) is 1.02. The first-order valence-electron chi connectivity index (χ1n) is 5.48. The molecule has 0 aliphatic rings. The van der Waals surface area contributed by atoms with Gasteiger partial charge < -0.3 is 14.6 Å². The molecule has 0 aliphatic heterocycles. The highest BCUT2D eigenvalue weighted by atomic mass is 35.5. The molecule has 8 heteroatoms. The zero-order valence-electron chi connectivity index (χ0n) is 10.6. The van der Waals surface area contributed by atoms with Crippen LogP contribution in [-0.2, 0) is 10.0 Å². The van der Waals surface area contributed by atoms with Crippen LogP contribution in [-0.4, -0.2) is 40.9 Å². The van der Waals surface area contributed by atoms with Crippen LogP contribution in [0.1, 0.15) is 6.42 Å². The SMILES string of the molecule is COc1cc(S(=O)(=O)NCCCO)c(OC)cc1Cl. The highest BCUT2D eigenvalue weighted by molar-refractivity contribution is 7.89. The fourth-order valence-electron chi connectivity index (χ4n) is 1.41. The van der Waals surface area contributed by atoms with Crippen LogP contribution in [0.4, 0.5) is 0 Å². The molecule has 0 aromatic heterocycles. The molecule has 0 bridgehead atoms. The molecule has 1 aromatic carbocycles. The fraction of sp³-hybridized carbons (Fsp3) is 0.455. The standard InChI is InChI=1S/C11H16ClNO5S/c1-17-9-7-11(10(18-2)6-8(9)12)19(15,16)13-4-3-5-14/h6-7,13-14H,3-5H2,1-2H3. The molecule has 6 nitrogen and oxygen atoms in total. The maximum Gasteiger partial charge on any atom is 0.244 e. The van der Waals surface area contributed by atoms with Crippen molar-refractivity contribution in [3.63, 3.8) is 0 Å². The topological polar surface area (TPSA) is 84.9 Å². The number of benzene rings is 1. The van der Waals surface area contributed by atoms with Gasteiger partial charge in [-0.25, -0.2) is 13.1 Å². The van der Waals surface area contributed by atoms with Gasteiger partial charge in [0.05, 0.1) is 19.2 Å². The lowest BCUT2D eigenvalue weighted by atomic mass is 10.3. The van der Waals surface area contributed by atoms with Crippen LogP contribution in [0.2, 0.25) is 5.02 Å². The third-order valence-corrected chi connectivity index (χ3v) is 4.13. The molecular weight excluding hydrogens is 294 g/mol. The van der Waals surface area contributed by atoms with Gasteiger partial charge in [0.1, 0.15) is 16.4 Å². The molecule has 0 saturated heterocycles. The normalized spacial score (nSPS) is 11.4. The number of hydrogen-bond donors (Lipinski definition) is 2. The molecule has 0 radical (unpaired) electrons. The molecule has 2 N–H and O–H groups in total. The van der Waals surface area contributed by atoms with E-state index in [0.717, 1.165) is 0 Å². The predicted molar refractivity (Wildman–Crippen MR) is 71.4 cm³/mol. The van der Waals surface area contributed by atoms with E-state index in [2.05, 4.69) is 4.72 Å². The molecule has 0 amide bonds. The van der Waals surface area contributed by atoms with E-state index in [-0.39, 0.29) is 34.6 Å². The number of ether oxygens (including phenoxy) is 2. The van der Waals surface area contributed by atoms with Crippen LogP contribution in [0, 0.1) is 0 Å². The van der Waals surface area contributed by atoms with Gasteiger partial charge in [0.25, 0.3) is 0 Å². The first-order chi connectivity index (χ1) is 8.96. The first kappa shape index (κ1) is 16.0. The summed E-state index contributed by atoms with van der Waals surface area (Å²) in [5, 5.41) is 8.91. The molecule has 19 heavy (non-hydrogen) atoms. The Hall–Kier alpha value is -1.02. The van der Waals surface area contributed by atoms with Crippen LogP contribution in [0.3, 0.4) is 0 Å². The molecule has 0 unspecified atom stereocenters. The Morgan fingerprint density at radius 1 is 1.26 bits per heavy atom. The third-order valence-electron chi connectivity index (χ3n) is 2.35. The smallest absolute Gasteiger partial charge is 0.244 e. The van der Waals surface area contributed by atoms with Crippen LogP contribution in [0.5, 0.6) is 11.5 Å². The lowest BCUT2D eigenvalue weighted by molar-refractivity contribution is 0.289. The number of aliphatic hydroxyl groups excluding tert-OH is 1. The van der Waals surface area contributed by atoms with Gasteiger partial charge in [-0.05, 0) is 6.42 Å². The van der Waals surface area contributed by atoms with Crippen LogP contribution in [0.25, 0.3) is 0 Å². The number of hydrogen-bond acceptors (Lipinski definition) is 5. The van der Waals surface area contributed by atoms with E-state index in [1.165, 1.54) is 26.4 Å². The maximum absolute atomic E-state index is 12.1. The number of halogens is 1. The summed E-state index contributed by atoms with van der Waals surface area (Å²) in [6.45, 7) is 0.0382.